The lowest BCUT2D eigenvalue weighted by atomic mass is 10.1. The van der Waals surface area contributed by atoms with Crippen LogP contribution in [0.2, 0.25) is 0 Å². The molecule has 3 aromatic rings. The zero-order valence-electron chi connectivity index (χ0n) is 16.8. The standard InChI is InChI=1S/C23H25N5O2/c29-23(24-16-17-4-2-1-3-5-17)28-14-12-27(13-15-28)20-10-8-18(9-11-20)21-25-22(30-26-21)19-6-7-19/h1-5,8-11,19H,6-7,12-16H2,(H,24,29). The molecule has 1 saturated carbocycles. The molecule has 1 N–H and O–H groups in total. The first-order valence-electron chi connectivity index (χ1n) is 10.5. The Kier molecular flexibility index (Phi) is 5.09. The number of amides is 2. The van der Waals surface area contributed by atoms with E-state index in [9.17, 15) is 4.79 Å². The molecular formula is C23H25N5O2. The number of hydrogen-bond acceptors (Lipinski definition) is 5. The summed E-state index contributed by atoms with van der Waals surface area (Å²) in [5.74, 6) is 1.88. The van der Waals surface area contributed by atoms with E-state index in [2.05, 4.69) is 32.5 Å². The molecule has 0 atom stereocenters. The molecule has 2 aromatic carbocycles. The van der Waals surface area contributed by atoms with Gasteiger partial charge in [0.05, 0.1) is 0 Å². The maximum atomic E-state index is 12.4. The van der Waals surface area contributed by atoms with Crippen LogP contribution in [0.3, 0.4) is 0 Å². The van der Waals surface area contributed by atoms with Crippen LogP contribution < -0.4 is 10.2 Å². The smallest absolute Gasteiger partial charge is 0.317 e. The second-order valence-corrected chi connectivity index (χ2v) is 7.90. The van der Waals surface area contributed by atoms with Gasteiger partial charge in [-0.3, -0.25) is 0 Å². The van der Waals surface area contributed by atoms with Crippen molar-refractivity contribution in [3.8, 4) is 11.4 Å². The minimum atomic E-state index is -0.00238. The molecular weight excluding hydrogens is 378 g/mol. The molecule has 7 nitrogen and oxygen atoms in total. The summed E-state index contributed by atoms with van der Waals surface area (Å²) in [6.45, 7) is 3.59. The molecule has 1 aliphatic carbocycles. The lowest BCUT2D eigenvalue weighted by Crippen LogP contribution is -2.51. The van der Waals surface area contributed by atoms with Gasteiger partial charge in [0.15, 0.2) is 0 Å². The Hall–Kier alpha value is -3.35. The maximum absolute atomic E-state index is 12.4. The van der Waals surface area contributed by atoms with Crippen molar-refractivity contribution in [3.63, 3.8) is 0 Å². The second kappa shape index (κ2) is 8.18. The molecule has 0 bridgehead atoms. The fraction of sp³-hybridized carbons (Fsp3) is 0.348. The number of carbonyl (C=O) groups is 1. The van der Waals surface area contributed by atoms with Crippen molar-refractivity contribution in [1.82, 2.24) is 20.4 Å². The average molecular weight is 403 g/mol. The number of nitrogens with zero attached hydrogens (tertiary/aromatic N) is 4. The van der Waals surface area contributed by atoms with Crippen molar-refractivity contribution in [2.24, 2.45) is 0 Å². The minimum Gasteiger partial charge on any atom is -0.368 e. The normalized spacial score (nSPS) is 16.5. The van der Waals surface area contributed by atoms with Crippen molar-refractivity contribution < 1.29 is 9.32 Å². The van der Waals surface area contributed by atoms with Gasteiger partial charge < -0.3 is 19.6 Å². The highest BCUT2D eigenvalue weighted by atomic mass is 16.5. The molecule has 154 valence electrons. The van der Waals surface area contributed by atoms with Crippen LogP contribution >= 0.6 is 0 Å². The van der Waals surface area contributed by atoms with E-state index in [0.29, 0.717) is 31.4 Å². The van der Waals surface area contributed by atoms with Crippen LogP contribution in [0.1, 0.15) is 30.2 Å². The summed E-state index contributed by atoms with van der Waals surface area (Å²) in [7, 11) is 0. The number of rotatable bonds is 5. The summed E-state index contributed by atoms with van der Waals surface area (Å²) in [5.41, 5.74) is 3.22. The number of nitrogens with one attached hydrogen (secondary N) is 1. The molecule has 0 spiro atoms. The van der Waals surface area contributed by atoms with E-state index < -0.39 is 0 Å². The molecule has 2 aliphatic rings. The summed E-state index contributed by atoms with van der Waals surface area (Å²) in [6.07, 6.45) is 2.30. The molecule has 5 rings (SSSR count). The molecule has 30 heavy (non-hydrogen) atoms. The molecule has 1 aromatic heterocycles. The predicted molar refractivity (Wildman–Crippen MR) is 114 cm³/mol. The van der Waals surface area contributed by atoms with Crippen LogP contribution in [0.25, 0.3) is 11.4 Å². The van der Waals surface area contributed by atoms with Crippen LogP contribution in [0.5, 0.6) is 0 Å². The Bertz CT molecular complexity index is 990. The second-order valence-electron chi connectivity index (χ2n) is 7.90. The number of anilines is 1. The highest BCUT2D eigenvalue weighted by molar-refractivity contribution is 5.74. The largest absolute Gasteiger partial charge is 0.368 e. The van der Waals surface area contributed by atoms with Crippen LogP contribution in [0.4, 0.5) is 10.5 Å². The third-order valence-corrected chi connectivity index (χ3v) is 5.71. The SMILES string of the molecule is O=C(NCc1ccccc1)N1CCN(c2ccc(-c3noc(C4CC4)n3)cc2)CC1. The molecule has 1 aliphatic heterocycles. The fourth-order valence-corrected chi connectivity index (χ4v) is 3.72. The first-order chi connectivity index (χ1) is 14.8. The quantitative estimate of drug-likeness (QED) is 0.704. The van der Waals surface area contributed by atoms with Crippen molar-refractivity contribution in [1.29, 1.82) is 0 Å². The summed E-state index contributed by atoms with van der Waals surface area (Å²) in [6, 6.07) is 18.2. The zero-order chi connectivity index (χ0) is 20.3. The van der Waals surface area contributed by atoms with E-state index in [-0.39, 0.29) is 6.03 Å². The Morgan fingerprint density at radius 3 is 2.43 bits per heavy atom. The van der Waals surface area contributed by atoms with Gasteiger partial charge in [-0.2, -0.15) is 4.98 Å². The Labute approximate surface area is 175 Å². The van der Waals surface area contributed by atoms with Crippen molar-refractivity contribution in [2.75, 3.05) is 31.1 Å². The summed E-state index contributed by atoms with van der Waals surface area (Å²) < 4.78 is 5.36. The molecule has 2 heterocycles. The van der Waals surface area contributed by atoms with E-state index >= 15 is 0 Å². The highest BCUT2D eigenvalue weighted by Gasteiger charge is 2.29. The van der Waals surface area contributed by atoms with E-state index in [1.54, 1.807) is 0 Å². The summed E-state index contributed by atoms with van der Waals surface area (Å²) in [5, 5.41) is 7.12. The van der Waals surface area contributed by atoms with Crippen LogP contribution in [0.15, 0.2) is 59.1 Å². The van der Waals surface area contributed by atoms with Crippen molar-refractivity contribution >= 4 is 11.7 Å². The molecule has 2 fully saturated rings. The number of aromatic nitrogens is 2. The number of carbonyl (C=O) groups excluding carboxylic acids is 1. The Morgan fingerprint density at radius 2 is 1.73 bits per heavy atom. The molecule has 2 amide bonds. The third-order valence-electron chi connectivity index (χ3n) is 5.71. The topological polar surface area (TPSA) is 74.5 Å². The maximum Gasteiger partial charge on any atom is 0.317 e. The first kappa shape index (κ1) is 18.7. The van der Waals surface area contributed by atoms with E-state index in [1.807, 2.05) is 47.4 Å². The molecule has 0 radical (unpaired) electrons. The van der Waals surface area contributed by atoms with Gasteiger partial charge in [-0.25, -0.2) is 4.79 Å². The van der Waals surface area contributed by atoms with Crippen LogP contribution in [-0.2, 0) is 6.54 Å². The lowest BCUT2D eigenvalue weighted by Gasteiger charge is -2.36. The van der Waals surface area contributed by atoms with E-state index in [1.165, 1.54) is 0 Å². The first-order valence-corrected chi connectivity index (χ1v) is 10.5. The van der Waals surface area contributed by atoms with Crippen molar-refractivity contribution in [2.45, 2.75) is 25.3 Å². The van der Waals surface area contributed by atoms with Gasteiger partial charge in [0, 0.05) is 49.9 Å². The highest BCUT2D eigenvalue weighted by Crippen LogP contribution is 2.39. The van der Waals surface area contributed by atoms with E-state index in [4.69, 9.17) is 4.52 Å². The number of hydrogen-bond donors (Lipinski definition) is 1. The lowest BCUT2D eigenvalue weighted by molar-refractivity contribution is 0.194. The van der Waals surface area contributed by atoms with Crippen LogP contribution in [-0.4, -0.2) is 47.3 Å². The average Bonchev–Trinajstić information content (AvgIpc) is 3.55. The summed E-state index contributed by atoms with van der Waals surface area (Å²) in [4.78, 5) is 21.1. The molecule has 1 saturated heterocycles. The van der Waals surface area contributed by atoms with Gasteiger partial charge in [0.2, 0.25) is 11.7 Å². The van der Waals surface area contributed by atoms with Gasteiger partial charge in [0.25, 0.3) is 0 Å². The van der Waals surface area contributed by atoms with Gasteiger partial charge in [-0.1, -0.05) is 35.5 Å². The Balaban J connectivity index is 1.14. The minimum absolute atomic E-state index is 0.00238. The number of piperazine rings is 1. The third kappa shape index (κ3) is 4.15. The molecule has 7 heteroatoms. The fourth-order valence-electron chi connectivity index (χ4n) is 3.72. The van der Waals surface area contributed by atoms with Crippen molar-refractivity contribution in [3.05, 3.63) is 66.1 Å². The van der Waals surface area contributed by atoms with Crippen LogP contribution in [0, 0.1) is 0 Å². The zero-order valence-corrected chi connectivity index (χ0v) is 16.8. The van der Waals surface area contributed by atoms with Gasteiger partial charge in [-0.05, 0) is 42.7 Å². The monoisotopic (exact) mass is 403 g/mol. The van der Waals surface area contributed by atoms with Gasteiger partial charge in [-0.15, -0.1) is 0 Å². The Morgan fingerprint density at radius 1 is 1.00 bits per heavy atom. The predicted octanol–water partition coefficient (Wildman–Crippen LogP) is 3.65. The number of urea groups is 1. The van der Waals surface area contributed by atoms with E-state index in [0.717, 1.165) is 48.6 Å². The summed E-state index contributed by atoms with van der Waals surface area (Å²) >= 11 is 0. The van der Waals surface area contributed by atoms with Gasteiger partial charge >= 0.3 is 6.03 Å². The number of benzene rings is 2. The molecule has 0 unspecified atom stereocenters. The van der Waals surface area contributed by atoms with Gasteiger partial charge in [0.1, 0.15) is 0 Å².